The molecule has 3 aliphatic rings. The summed E-state index contributed by atoms with van der Waals surface area (Å²) in [6, 6.07) is 11.0. The Morgan fingerprint density at radius 3 is 2.85 bits per heavy atom. The van der Waals surface area contributed by atoms with Crippen molar-refractivity contribution in [2.45, 2.75) is 19.8 Å². The molecule has 5 nitrogen and oxygen atoms in total. The van der Waals surface area contributed by atoms with Gasteiger partial charge in [-0.2, -0.15) is 4.57 Å². The maximum atomic E-state index is 11.7. The number of anilines is 1. The van der Waals surface area contributed by atoms with Crippen LogP contribution in [0.3, 0.4) is 0 Å². The summed E-state index contributed by atoms with van der Waals surface area (Å²) in [4.78, 5) is 14.1. The molecule has 2 aromatic rings. The van der Waals surface area contributed by atoms with Gasteiger partial charge >= 0.3 is 5.88 Å². The largest absolute Gasteiger partial charge is 0.459 e. The Labute approximate surface area is 156 Å². The minimum Gasteiger partial charge on any atom is -0.459 e. The van der Waals surface area contributed by atoms with E-state index in [4.69, 9.17) is 4.42 Å². The van der Waals surface area contributed by atoms with Crippen LogP contribution in [0, 0.1) is 0 Å². The van der Waals surface area contributed by atoms with Crippen LogP contribution in [0.25, 0.3) is 33.2 Å². The first-order chi connectivity index (χ1) is 13.1. The van der Waals surface area contributed by atoms with Gasteiger partial charge in [0, 0.05) is 36.5 Å². The first-order valence-corrected chi connectivity index (χ1v) is 9.37. The van der Waals surface area contributed by atoms with E-state index in [0.717, 1.165) is 42.4 Å². The fourth-order valence-electron chi connectivity index (χ4n) is 4.25. The maximum Gasteiger partial charge on any atom is 0.377 e. The van der Waals surface area contributed by atoms with Gasteiger partial charge in [-0.15, -0.1) is 0 Å². The van der Waals surface area contributed by atoms with Crippen LogP contribution in [0.1, 0.15) is 18.9 Å². The third-order valence-corrected chi connectivity index (χ3v) is 5.70. The van der Waals surface area contributed by atoms with Gasteiger partial charge < -0.3 is 14.4 Å². The van der Waals surface area contributed by atoms with Crippen molar-refractivity contribution < 1.29 is 14.1 Å². The van der Waals surface area contributed by atoms with Crippen LogP contribution in [0.4, 0.5) is 5.69 Å². The molecule has 0 amide bonds. The third kappa shape index (κ3) is 2.31. The Kier molecular flexibility index (Phi) is 3.41. The fraction of sp³-hybridized carbons (Fsp3) is 0.273. The van der Waals surface area contributed by atoms with Crippen molar-refractivity contribution in [2.75, 3.05) is 18.0 Å². The van der Waals surface area contributed by atoms with E-state index in [-0.39, 0.29) is 11.3 Å². The van der Waals surface area contributed by atoms with E-state index in [2.05, 4.69) is 24.0 Å². The number of pyridine rings is 1. The van der Waals surface area contributed by atoms with E-state index in [1.165, 1.54) is 23.4 Å². The minimum atomic E-state index is -0.0865. The average molecular weight is 361 g/mol. The highest BCUT2D eigenvalue weighted by Gasteiger charge is 2.26. The van der Waals surface area contributed by atoms with Crippen LogP contribution < -0.4 is 14.9 Å². The molecule has 5 rings (SSSR count). The molecular formula is C22H21N2O3+. The number of aromatic hydroxyl groups is 1. The molecule has 0 saturated carbocycles. The quantitative estimate of drug-likeness (QED) is 0.321. The summed E-state index contributed by atoms with van der Waals surface area (Å²) in [6.45, 7) is 4.18. The lowest BCUT2D eigenvalue weighted by atomic mass is 9.98. The summed E-state index contributed by atoms with van der Waals surface area (Å²) in [5.41, 5.74) is 4.78. The second-order valence-corrected chi connectivity index (χ2v) is 7.25. The van der Waals surface area contributed by atoms with Crippen LogP contribution in [-0.4, -0.2) is 18.2 Å². The van der Waals surface area contributed by atoms with Crippen LogP contribution in [0.15, 0.2) is 45.6 Å². The molecule has 136 valence electrons. The molecule has 1 N–H and O–H groups in total. The van der Waals surface area contributed by atoms with Crippen molar-refractivity contribution in [1.82, 2.24) is 0 Å². The Balaban J connectivity index is 1.94. The van der Waals surface area contributed by atoms with Crippen molar-refractivity contribution in [2.24, 2.45) is 7.05 Å². The summed E-state index contributed by atoms with van der Waals surface area (Å²) < 4.78 is 7.94. The van der Waals surface area contributed by atoms with E-state index < -0.39 is 0 Å². The zero-order valence-corrected chi connectivity index (χ0v) is 15.5. The molecule has 2 aliphatic heterocycles. The zero-order chi connectivity index (χ0) is 18.7. The molecule has 0 radical (unpaired) electrons. The van der Waals surface area contributed by atoms with Gasteiger partial charge in [-0.3, -0.25) is 4.79 Å². The number of nitrogens with zero attached hydrogens (tertiary/aromatic N) is 2. The number of hydrogen-bond donors (Lipinski definition) is 1. The normalized spacial score (nSPS) is 14.2. The maximum absolute atomic E-state index is 11.7. The Morgan fingerprint density at radius 1 is 1.19 bits per heavy atom. The Hall–Kier alpha value is -3.08. The van der Waals surface area contributed by atoms with Crippen LogP contribution in [0.5, 0.6) is 5.88 Å². The topological polar surface area (TPSA) is 57.6 Å². The smallest absolute Gasteiger partial charge is 0.377 e. The van der Waals surface area contributed by atoms with Crippen molar-refractivity contribution >= 4 is 27.6 Å². The molecule has 0 unspecified atom stereocenters. The highest BCUT2D eigenvalue weighted by molar-refractivity contribution is 6.04. The first kappa shape index (κ1) is 16.1. The molecule has 0 fully saturated rings. The molecule has 0 spiro atoms. The number of benzene rings is 2. The lowest BCUT2D eigenvalue weighted by molar-refractivity contribution is -0.650. The molecular weight excluding hydrogens is 340 g/mol. The van der Waals surface area contributed by atoms with Crippen LogP contribution >= 0.6 is 0 Å². The van der Waals surface area contributed by atoms with Gasteiger partial charge in [0.2, 0.25) is 5.52 Å². The third-order valence-electron chi connectivity index (χ3n) is 5.70. The van der Waals surface area contributed by atoms with E-state index in [9.17, 15) is 9.90 Å². The summed E-state index contributed by atoms with van der Waals surface area (Å²) >= 11 is 0. The summed E-state index contributed by atoms with van der Waals surface area (Å²) in [5, 5.41) is 12.4. The summed E-state index contributed by atoms with van der Waals surface area (Å²) in [7, 11) is 1.87. The van der Waals surface area contributed by atoms with Gasteiger partial charge in [0.05, 0.1) is 5.39 Å². The van der Waals surface area contributed by atoms with Crippen molar-refractivity contribution in [3.63, 3.8) is 0 Å². The second-order valence-electron chi connectivity index (χ2n) is 7.25. The van der Waals surface area contributed by atoms with Gasteiger partial charge in [-0.1, -0.05) is 0 Å². The summed E-state index contributed by atoms with van der Waals surface area (Å²) in [5.74, 6) is 0.700. The first-order valence-electron chi connectivity index (χ1n) is 9.37. The van der Waals surface area contributed by atoms with Gasteiger partial charge in [0.15, 0.2) is 11.0 Å². The van der Waals surface area contributed by atoms with E-state index in [1.807, 2.05) is 17.7 Å². The van der Waals surface area contributed by atoms with Crippen molar-refractivity contribution in [3.05, 3.63) is 52.2 Å². The molecule has 1 aliphatic carbocycles. The van der Waals surface area contributed by atoms with Crippen molar-refractivity contribution in [1.29, 1.82) is 0 Å². The average Bonchev–Trinajstić information content (AvgIpc) is 2.69. The van der Waals surface area contributed by atoms with Gasteiger partial charge in [-0.25, -0.2) is 0 Å². The highest BCUT2D eigenvalue weighted by Crippen LogP contribution is 2.38. The molecule has 5 heteroatoms. The SMILES string of the molecule is CCN1CCCc2cc3c4oc5cc(=O)ccc-5cc4c(O)[n+](C)c3cc21. The number of hydrogen-bond acceptors (Lipinski definition) is 4. The van der Waals surface area contributed by atoms with E-state index in [1.54, 1.807) is 6.07 Å². The Morgan fingerprint density at radius 2 is 2.04 bits per heavy atom. The van der Waals surface area contributed by atoms with Crippen molar-refractivity contribution in [3.8, 4) is 17.2 Å². The van der Waals surface area contributed by atoms with E-state index in [0.29, 0.717) is 16.7 Å². The fourth-order valence-corrected chi connectivity index (χ4v) is 4.25. The van der Waals surface area contributed by atoms with Crippen LogP contribution in [0.2, 0.25) is 0 Å². The lowest BCUT2D eigenvalue weighted by Gasteiger charge is -2.30. The standard InChI is InChI=1S/C22H20N2O3/c1-3-24-8-4-5-13-9-16-19(12-18(13)24)23(2)22(26)17-10-14-6-7-15(25)11-20(14)27-21(16)17/h6-7,9-12H,3-5,8H2,1-2H3/p+1. The number of aryl methyl sites for hydroxylation is 2. The zero-order valence-electron chi connectivity index (χ0n) is 15.5. The predicted molar refractivity (Wildman–Crippen MR) is 106 cm³/mol. The molecule has 0 bridgehead atoms. The minimum absolute atomic E-state index is 0.0865. The molecule has 0 atom stereocenters. The van der Waals surface area contributed by atoms with Gasteiger partial charge in [0.1, 0.15) is 18.2 Å². The van der Waals surface area contributed by atoms with Gasteiger partial charge in [-0.05, 0) is 49.6 Å². The molecule has 1 aromatic heterocycles. The second kappa shape index (κ2) is 5.71. The summed E-state index contributed by atoms with van der Waals surface area (Å²) in [6.07, 6.45) is 2.17. The number of fused-ring (bicyclic) bond motifs is 5. The predicted octanol–water partition coefficient (Wildman–Crippen LogP) is 3.35. The highest BCUT2D eigenvalue weighted by atomic mass is 16.3. The molecule has 1 aromatic carbocycles. The van der Waals surface area contributed by atoms with Crippen LogP contribution in [-0.2, 0) is 13.5 Å². The Bertz CT molecular complexity index is 1240. The molecule has 0 saturated heterocycles. The molecule has 27 heavy (non-hydrogen) atoms. The van der Waals surface area contributed by atoms with Gasteiger partial charge in [0.25, 0.3) is 0 Å². The number of aromatic nitrogens is 1. The van der Waals surface area contributed by atoms with E-state index >= 15 is 0 Å². The number of rotatable bonds is 1. The molecule has 3 heterocycles. The lowest BCUT2D eigenvalue weighted by Crippen LogP contribution is -2.32. The monoisotopic (exact) mass is 361 g/mol.